The zero-order chi connectivity index (χ0) is 22.7. The van der Waals surface area contributed by atoms with Gasteiger partial charge in [-0.15, -0.1) is 0 Å². The molecule has 1 aliphatic rings. The Balaban J connectivity index is 1.87. The molecule has 2 atom stereocenters. The van der Waals surface area contributed by atoms with Crippen LogP contribution in [0.25, 0.3) is 0 Å². The number of hydrogen-bond donors (Lipinski definition) is 3. The number of carbonyl (C=O) groups excluding carboxylic acids is 1. The Morgan fingerprint density at radius 3 is 2.97 bits per heavy atom. The molecule has 2 heterocycles. The molecule has 174 valence electrons. The van der Waals surface area contributed by atoms with Gasteiger partial charge in [0.2, 0.25) is 6.41 Å². The number of carboxylic acid groups (broad SMARTS) is 1. The molecule has 1 aromatic rings. The molecule has 0 fully saturated rings. The minimum atomic E-state index is -1.54. The first kappa shape index (κ1) is 25.0. The number of nitrogens with zero attached hydrogens (tertiary/aromatic N) is 2. The summed E-state index contributed by atoms with van der Waals surface area (Å²) in [6.45, 7) is 3.52. The lowest BCUT2D eigenvalue weighted by atomic mass is 10.1. The first-order valence-corrected chi connectivity index (χ1v) is 10.9. The number of unbranched alkanes of at least 4 members (excludes halogenated alkanes) is 1. The summed E-state index contributed by atoms with van der Waals surface area (Å²) < 4.78 is 19.7. The van der Waals surface area contributed by atoms with Gasteiger partial charge in [-0.25, -0.2) is 14.2 Å². The number of alkyl halides is 1. The molecule has 31 heavy (non-hydrogen) atoms. The summed E-state index contributed by atoms with van der Waals surface area (Å²) in [4.78, 5) is 28.5. The molecule has 0 aliphatic carbocycles. The number of amides is 1. The van der Waals surface area contributed by atoms with E-state index in [2.05, 4.69) is 22.8 Å². The zero-order valence-electron chi connectivity index (χ0n) is 18.5. The second-order valence-corrected chi connectivity index (χ2v) is 8.38. The van der Waals surface area contributed by atoms with Gasteiger partial charge in [-0.1, -0.05) is 6.07 Å². The van der Waals surface area contributed by atoms with E-state index in [9.17, 15) is 19.1 Å². The van der Waals surface area contributed by atoms with E-state index >= 15 is 0 Å². The molecule has 0 saturated carbocycles. The molecule has 1 aromatic heterocycles. The number of nitrogens with one attached hydrogen (secondary N) is 2. The molecule has 8 nitrogen and oxygen atoms in total. The van der Waals surface area contributed by atoms with Crippen molar-refractivity contribution < 1.29 is 23.8 Å². The van der Waals surface area contributed by atoms with Gasteiger partial charge in [0.1, 0.15) is 17.5 Å². The molecule has 0 spiro atoms. The number of hydrogen-bond acceptors (Lipinski definition) is 6. The van der Waals surface area contributed by atoms with E-state index in [1.165, 1.54) is 19.6 Å². The molecule has 1 amide bonds. The average Bonchev–Trinajstić information content (AvgIpc) is 2.73. The molecular formula is C22H35FN4O4. The highest BCUT2D eigenvalue weighted by Gasteiger charge is 2.27. The molecule has 3 N–H and O–H groups in total. The Bertz CT molecular complexity index is 717. The van der Waals surface area contributed by atoms with Gasteiger partial charge in [0.05, 0.1) is 6.61 Å². The van der Waals surface area contributed by atoms with Crippen molar-refractivity contribution in [2.24, 2.45) is 0 Å². The zero-order valence-corrected chi connectivity index (χ0v) is 18.5. The maximum Gasteiger partial charge on any atom is 0.326 e. The van der Waals surface area contributed by atoms with E-state index in [1.54, 1.807) is 0 Å². The molecular weight excluding hydrogens is 403 g/mol. The van der Waals surface area contributed by atoms with E-state index in [4.69, 9.17) is 9.72 Å². The average molecular weight is 439 g/mol. The summed E-state index contributed by atoms with van der Waals surface area (Å²) in [6, 6.07) is 3.23. The number of rotatable bonds is 15. The van der Waals surface area contributed by atoms with Crippen molar-refractivity contribution in [3.05, 3.63) is 23.4 Å². The third kappa shape index (κ3) is 8.78. The molecule has 0 radical (unpaired) electrons. The molecule has 1 unspecified atom stereocenters. The van der Waals surface area contributed by atoms with Crippen LogP contribution in [0.2, 0.25) is 0 Å². The molecule has 1 aliphatic heterocycles. The Morgan fingerprint density at radius 2 is 2.26 bits per heavy atom. The largest absolute Gasteiger partial charge is 0.480 e. The summed E-state index contributed by atoms with van der Waals surface area (Å²) in [5.41, 5.74) is 0.756. The van der Waals surface area contributed by atoms with Crippen molar-refractivity contribution in [2.75, 3.05) is 45.2 Å². The van der Waals surface area contributed by atoms with Crippen molar-refractivity contribution in [1.29, 1.82) is 0 Å². The van der Waals surface area contributed by atoms with Gasteiger partial charge in [-0.05, 0) is 63.6 Å². The fraction of sp³-hybridized carbons (Fsp3) is 0.682. The van der Waals surface area contributed by atoms with Crippen molar-refractivity contribution in [1.82, 2.24) is 15.2 Å². The van der Waals surface area contributed by atoms with Gasteiger partial charge in [-0.3, -0.25) is 9.69 Å². The second-order valence-electron chi connectivity index (χ2n) is 8.38. The third-order valence-electron chi connectivity index (χ3n) is 5.41. The lowest BCUT2D eigenvalue weighted by molar-refractivity contribution is -0.140. The monoisotopic (exact) mass is 438 g/mol. The minimum Gasteiger partial charge on any atom is -0.480 e. The lowest BCUT2D eigenvalue weighted by Crippen LogP contribution is -2.44. The summed E-state index contributed by atoms with van der Waals surface area (Å²) in [7, 11) is 1.46. The number of aromatic nitrogens is 1. The summed E-state index contributed by atoms with van der Waals surface area (Å²) >= 11 is 0. The number of ether oxygens (including phenoxy) is 1. The van der Waals surface area contributed by atoms with Gasteiger partial charge >= 0.3 is 5.97 Å². The Hall–Kier alpha value is -2.26. The highest BCUT2D eigenvalue weighted by atomic mass is 19.1. The van der Waals surface area contributed by atoms with Crippen LogP contribution in [0.5, 0.6) is 0 Å². The van der Waals surface area contributed by atoms with Crippen LogP contribution in [-0.2, 0) is 27.2 Å². The maximum absolute atomic E-state index is 14.7. The fourth-order valence-corrected chi connectivity index (χ4v) is 3.90. The number of aryl methyl sites for hydroxylation is 2. The van der Waals surface area contributed by atoms with Crippen molar-refractivity contribution in [2.45, 2.75) is 57.2 Å². The van der Waals surface area contributed by atoms with Crippen LogP contribution >= 0.6 is 0 Å². The van der Waals surface area contributed by atoms with Crippen LogP contribution in [-0.4, -0.2) is 79.0 Å². The number of pyridine rings is 1. The van der Waals surface area contributed by atoms with Crippen molar-refractivity contribution in [3.63, 3.8) is 0 Å². The Morgan fingerprint density at radius 1 is 1.45 bits per heavy atom. The predicted octanol–water partition coefficient (Wildman–Crippen LogP) is 2.03. The van der Waals surface area contributed by atoms with Crippen LogP contribution < -0.4 is 10.6 Å². The summed E-state index contributed by atoms with van der Waals surface area (Å²) in [5.74, 6) is -0.112. The first-order chi connectivity index (χ1) is 14.8. The maximum atomic E-state index is 14.7. The minimum absolute atomic E-state index is 0.0372. The first-order valence-electron chi connectivity index (χ1n) is 10.9. The molecule has 0 saturated heterocycles. The number of aliphatic carboxylic acids is 1. The molecule has 2 rings (SSSR count). The Labute approximate surface area is 183 Å². The normalized spacial score (nSPS) is 16.1. The lowest BCUT2D eigenvalue weighted by Gasteiger charge is -2.30. The third-order valence-corrected chi connectivity index (χ3v) is 5.41. The standard InChI is InChI=1S/C22H35FN4O4/c1-22(23,15-31-2)14-27(13-10-19(21(29)30)25-16-28)12-4-3-7-18-9-8-17-6-5-11-24-20(17)26-18/h8-9,16,19H,3-7,10-15H2,1-2H3,(H,24,26)(H,25,28)(H,29,30)/t19?,22-/m0/s1. The number of carboxylic acids is 1. The van der Waals surface area contributed by atoms with Crippen molar-refractivity contribution >= 4 is 18.2 Å². The number of fused-ring (bicyclic) bond motifs is 1. The summed E-state index contributed by atoms with van der Waals surface area (Å²) in [5, 5.41) is 14.9. The van der Waals surface area contributed by atoms with Gasteiger partial charge in [0.15, 0.2) is 0 Å². The van der Waals surface area contributed by atoms with E-state index in [0.29, 0.717) is 19.5 Å². The topological polar surface area (TPSA) is 104 Å². The fourth-order valence-electron chi connectivity index (χ4n) is 3.90. The van der Waals surface area contributed by atoms with Crippen molar-refractivity contribution in [3.8, 4) is 0 Å². The van der Waals surface area contributed by atoms with Crippen LogP contribution in [0.4, 0.5) is 10.2 Å². The predicted molar refractivity (Wildman–Crippen MR) is 117 cm³/mol. The van der Waals surface area contributed by atoms with Gasteiger partial charge in [-0.2, -0.15) is 0 Å². The highest BCUT2D eigenvalue weighted by Crippen LogP contribution is 2.20. The van der Waals surface area contributed by atoms with Crippen LogP contribution in [0.1, 0.15) is 43.9 Å². The van der Waals surface area contributed by atoms with Gasteiger partial charge < -0.3 is 20.5 Å². The van der Waals surface area contributed by atoms with E-state index in [0.717, 1.165) is 50.2 Å². The number of anilines is 1. The molecule has 9 heteroatoms. The molecule has 0 aromatic carbocycles. The highest BCUT2D eigenvalue weighted by molar-refractivity contribution is 5.76. The quantitative estimate of drug-likeness (QED) is 0.284. The Kier molecular flexibility index (Phi) is 10.1. The number of halogens is 1. The van der Waals surface area contributed by atoms with Crippen LogP contribution in [0.3, 0.4) is 0 Å². The number of methoxy groups -OCH3 is 1. The van der Waals surface area contributed by atoms with E-state index < -0.39 is 17.7 Å². The van der Waals surface area contributed by atoms with Gasteiger partial charge in [0, 0.05) is 32.4 Å². The van der Waals surface area contributed by atoms with E-state index in [1.807, 2.05) is 4.90 Å². The van der Waals surface area contributed by atoms with E-state index in [-0.39, 0.29) is 19.6 Å². The summed E-state index contributed by atoms with van der Waals surface area (Å²) in [6.07, 6.45) is 5.33. The second kappa shape index (κ2) is 12.6. The smallest absolute Gasteiger partial charge is 0.326 e. The van der Waals surface area contributed by atoms with Crippen LogP contribution in [0.15, 0.2) is 12.1 Å². The number of carbonyl (C=O) groups is 2. The molecule has 0 bridgehead atoms. The SMILES string of the molecule is COC[C@@](C)(F)CN(CCCCc1ccc2c(n1)NCCC2)CCC(NC=O)C(=O)O. The van der Waals surface area contributed by atoms with Gasteiger partial charge in [0.25, 0.3) is 0 Å². The van der Waals surface area contributed by atoms with Crippen LogP contribution in [0, 0.1) is 0 Å².